The van der Waals surface area contributed by atoms with Crippen LogP contribution in [-0.2, 0) is 0 Å². The van der Waals surface area contributed by atoms with Crippen molar-refractivity contribution in [1.82, 2.24) is 5.32 Å². The van der Waals surface area contributed by atoms with Crippen molar-refractivity contribution >= 4 is 28.8 Å². The number of nitrogens with one attached hydrogen (secondary N) is 3. The van der Waals surface area contributed by atoms with Crippen LogP contribution >= 0.6 is 0 Å². The first kappa shape index (κ1) is 26.7. The second kappa shape index (κ2) is 12.3. The molecule has 0 aromatic heterocycles. The highest BCUT2D eigenvalue weighted by atomic mass is 16.5. The highest BCUT2D eigenvalue weighted by Crippen LogP contribution is 2.35. The maximum atomic E-state index is 13.7. The lowest BCUT2D eigenvalue weighted by Gasteiger charge is -2.25. The van der Waals surface area contributed by atoms with Gasteiger partial charge in [0.25, 0.3) is 5.91 Å². The molecule has 0 heterocycles. The fourth-order valence-corrected chi connectivity index (χ4v) is 4.77. The van der Waals surface area contributed by atoms with Gasteiger partial charge in [0.2, 0.25) is 0 Å². The van der Waals surface area contributed by atoms with Gasteiger partial charge in [-0.25, -0.2) is 0 Å². The van der Waals surface area contributed by atoms with Gasteiger partial charge in [-0.15, -0.1) is 0 Å². The summed E-state index contributed by atoms with van der Waals surface area (Å²) in [7, 11) is 0. The summed E-state index contributed by atoms with van der Waals surface area (Å²) < 4.78 is 5.93. The lowest BCUT2D eigenvalue weighted by atomic mass is 9.82. The molecular formula is C33H31N3O4. The molecule has 0 bridgehead atoms. The minimum absolute atomic E-state index is 0.0601. The van der Waals surface area contributed by atoms with Gasteiger partial charge >= 0.3 is 0 Å². The van der Waals surface area contributed by atoms with E-state index in [1.165, 1.54) is 0 Å². The van der Waals surface area contributed by atoms with E-state index in [2.05, 4.69) is 16.0 Å². The van der Waals surface area contributed by atoms with Crippen LogP contribution in [0.3, 0.4) is 0 Å². The van der Waals surface area contributed by atoms with Crippen molar-refractivity contribution in [3.05, 3.63) is 125 Å². The van der Waals surface area contributed by atoms with Crippen LogP contribution < -0.4 is 20.7 Å². The molecule has 0 saturated carbocycles. The smallest absolute Gasteiger partial charge is 0.251 e. The number of anilines is 2. The Labute approximate surface area is 233 Å². The van der Waals surface area contributed by atoms with Crippen molar-refractivity contribution in [2.24, 2.45) is 0 Å². The molecule has 1 amide bonds. The molecule has 1 unspecified atom stereocenters. The summed E-state index contributed by atoms with van der Waals surface area (Å²) in [5.41, 5.74) is 3.23. The molecule has 0 saturated heterocycles. The van der Waals surface area contributed by atoms with Gasteiger partial charge in [-0.3, -0.25) is 14.4 Å². The molecule has 3 N–H and O–H groups in total. The van der Waals surface area contributed by atoms with Gasteiger partial charge in [-0.2, -0.15) is 0 Å². The van der Waals surface area contributed by atoms with E-state index in [9.17, 15) is 14.4 Å². The van der Waals surface area contributed by atoms with Crippen LogP contribution in [-0.4, -0.2) is 43.2 Å². The molecule has 0 aliphatic heterocycles. The predicted octanol–water partition coefficient (Wildman–Crippen LogP) is 5.57. The monoisotopic (exact) mass is 533 g/mol. The van der Waals surface area contributed by atoms with Crippen LogP contribution in [0.1, 0.15) is 55.5 Å². The fourth-order valence-electron chi connectivity index (χ4n) is 4.77. The quantitative estimate of drug-likeness (QED) is 0.192. The normalized spacial score (nSPS) is 12.6. The first-order valence-electron chi connectivity index (χ1n) is 13.4. The van der Waals surface area contributed by atoms with E-state index < -0.39 is 0 Å². The third-order valence-corrected chi connectivity index (χ3v) is 6.88. The number of carbonyl (C=O) groups is 3. The van der Waals surface area contributed by atoms with E-state index in [-0.39, 0.29) is 23.5 Å². The fraction of sp³-hybridized carbons (Fsp3) is 0.182. The SMILES string of the molecule is CCC(COc1ccccc1)Nc1cccc2c1C(=O)c1cccc(NCCNC(=O)c3ccccc3)c1C2=O. The topological polar surface area (TPSA) is 96.5 Å². The Morgan fingerprint density at radius 2 is 1.32 bits per heavy atom. The summed E-state index contributed by atoms with van der Waals surface area (Å²) in [5.74, 6) is 0.195. The summed E-state index contributed by atoms with van der Waals surface area (Å²) in [6, 6.07) is 29.0. The van der Waals surface area contributed by atoms with Gasteiger partial charge in [-0.1, -0.05) is 67.6 Å². The van der Waals surface area contributed by atoms with Crippen LogP contribution in [0.5, 0.6) is 5.75 Å². The number of hydrogen-bond acceptors (Lipinski definition) is 6. The minimum atomic E-state index is -0.210. The minimum Gasteiger partial charge on any atom is -0.491 e. The number of para-hydroxylation sites is 1. The number of ketones is 2. The summed E-state index contributed by atoms with van der Waals surface area (Å²) in [4.78, 5) is 39.8. The largest absolute Gasteiger partial charge is 0.491 e. The number of rotatable bonds is 11. The average Bonchev–Trinajstić information content (AvgIpc) is 3.00. The molecule has 5 rings (SSSR count). The van der Waals surface area contributed by atoms with Crippen molar-refractivity contribution in [2.45, 2.75) is 19.4 Å². The Morgan fingerprint density at radius 3 is 1.98 bits per heavy atom. The van der Waals surface area contributed by atoms with Crippen LogP contribution in [0, 0.1) is 0 Å². The first-order chi connectivity index (χ1) is 19.6. The molecule has 1 aliphatic rings. The van der Waals surface area contributed by atoms with Crippen molar-refractivity contribution in [3.63, 3.8) is 0 Å². The lowest BCUT2D eigenvalue weighted by Crippen LogP contribution is -2.30. The second-order valence-electron chi connectivity index (χ2n) is 9.54. The molecule has 0 radical (unpaired) electrons. The molecule has 202 valence electrons. The molecule has 4 aromatic rings. The summed E-state index contributed by atoms with van der Waals surface area (Å²) in [6.45, 7) is 3.21. The summed E-state index contributed by atoms with van der Waals surface area (Å²) in [6.07, 6.45) is 0.768. The Bertz CT molecular complexity index is 1520. The van der Waals surface area contributed by atoms with Crippen molar-refractivity contribution < 1.29 is 19.1 Å². The number of hydrogen-bond donors (Lipinski definition) is 3. The summed E-state index contributed by atoms with van der Waals surface area (Å²) >= 11 is 0. The van der Waals surface area contributed by atoms with Crippen molar-refractivity contribution in [1.29, 1.82) is 0 Å². The second-order valence-corrected chi connectivity index (χ2v) is 9.54. The molecule has 0 fully saturated rings. The van der Waals surface area contributed by atoms with Gasteiger partial charge in [0.1, 0.15) is 12.4 Å². The van der Waals surface area contributed by atoms with E-state index in [0.29, 0.717) is 58.9 Å². The van der Waals surface area contributed by atoms with E-state index in [1.54, 1.807) is 42.5 Å². The van der Waals surface area contributed by atoms with Crippen LogP contribution in [0.25, 0.3) is 0 Å². The number of amides is 1. The zero-order valence-corrected chi connectivity index (χ0v) is 22.3. The van der Waals surface area contributed by atoms with Crippen LogP contribution in [0.15, 0.2) is 97.1 Å². The van der Waals surface area contributed by atoms with Crippen molar-refractivity contribution in [2.75, 3.05) is 30.3 Å². The first-order valence-corrected chi connectivity index (χ1v) is 13.4. The zero-order valence-electron chi connectivity index (χ0n) is 22.3. The highest BCUT2D eigenvalue weighted by Gasteiger charge is 2.33. The summed E-state index contributed by atoms with van der Waals surface area (Å²) in [5, 5.41) is 9.53. The Kier molecular flexibility index (Phi) is 8.21. The maximum Gasteiger partial charge on any atom is 0.251 e. The van der Waals surface area contributed by atoms with E-state index in [1.807, 2.05) is 61.5 Å². The standard InChI is InChI=1S/C33H31N3O4/c1-2-23(21-40-24-13-7-4-8-14-24)36-28-18-10-16-26-30(28)32(38)25-15-9-17-27(29(25)31(26)37)34-19-20-35-33(39)22-11-5-3-6-12-22/h3-18,23,34,36H,2,19-21H2,1H3,(H,35,39). The molecule has 0 spiro atoms. The lowest BCUT2D eigenvalue weighted by molar-refractivity contribution is 0.0954. The Morgan fingerprint density at radius 1 is 0.725 bits per heavy atom. The number of ether oxygens (including phenoxy) is 1. The third-order valence-electron chi connectivity index (χ3n) is 6.88. The number of carbonyl (C=O) groups excluding carboxylic acids is 3. The molecule has 7 nitrogen and oxygen atoms in total. The maximum absolute atomic E-state index is 13.7. The van der Waals surface area contributed by atoms with Gasteiger partial charge < -0.3 is 20.7 Å². The van der Waals surface area contributed by atoms with E-state index in [0.717, 1.165) is 12.2 Å². The zero-order chi connectivity index (χ0) is 27.9. The van der Waals surface area contributed by atoms with E-state index >= 15 is 0 Å². The Hall–Kier alpha value is -4.91. The molecule has 7 heteroatoms. The average molecular weight is 534 g/mol. The molecular weight excluding hydrogens is 502 g/mol. The molecule has 4 aromatic carbocycles. The van der Waals surface area contributed by atoms with Crippen molar-refractivity contribution in [3.8, 4) is 5.75 Å². The van der Waals surface area contributed by atoms with Crippen LogP contribution in [0.2, 0.25) is 0 Å². The molecule has 40 heavy (non-hydrogen) atoms. The van der Waals surface area contributed by atoms with Crippen LogP contribution in [0.4, 0.5) is 11.4 Å². The number of fused-ring (bicyclic) bond motifs is 2. The molecule has 1 atom stereocenters. The van der Waals surface area contributed by atoms with Gasteiger partial charge in [0, 0.05) is 41.2 Å². The van der Waals surface area contributed by atoms with E-state index in [4.69, 9.17) is 4.74 Å². The highest BCUT2D eigenvalue weighted by molar-refractivity contribution is 6.31. The van der Waals surface area contributed by atoms with Gasteiger partial charge in [0.05, 0.1) is 17.2 Å². The number of benzene rings is 4. The predicted molar refractivity (Wildman–Crippen MR) is 157 cm³/mol. The third kappa shape index (κ3) is 5.73. The van der Waals surface area contributed by atoms with Gasteiger partial charge in [0.15, 0.2) is 11.6 Å². The Balaban J connectivity index is 1.30. The van der Waals surface area contributed by atoms with Gasteiger partial charge in [-0.05, 0) is 42.8 Å². The molecule has 1 aliphatic carbocycles.